The first kappa shape index (κ1) is 60.8. The monoisotopic (exact) mass is 1150 g/mol. The Morgan fingerprint density at radius 2 is 0.864 bits per heavy atom. The third kappa shape index (κ3) is 14.3. The lowest BCUT2D eigenvalue weighted by Crippen LogP contribution is -2.66. The molecule has 2 aliphatic heterocycles. The van der Waals surface area contributed by atoms with Crippen molar-refractivity contribution in [2.24, 2.45) is 0 Å². The molecule has 9 rings (SSSR count). The van der Waals surface area contributed by atoms with E-state index in [4.69, 9.17) is 9.47 Å². The quantitative estimate of drug-likeness (QED) is 0.112. The van der Waals surface area contributed by atoms with E-state index in [-0.39, 0.29) is 48.5 Å². The molecule has 2 heterocycles. The number of likely N-dealkylation sites (tertiary alicyclic amines) is 2. The van der Waals surface area contributed by atoms with Crippen molar-refractivity contribution in [3.63, 3.8) is 0 Å². The Morgan fingerprint density at radius 1 is 0.519 bits per heavy atom. The minimum atomic E-state index is -4.94. The maximum Gasteiger partial charge on any atom is 0.416 e. The number of nitrogens with one attached hydrogen (secondary N) is 1. The van der Waals surface area contributed by atoms with E-state index in [1.807, 2.05) is 115 Å². The molecule has 4 fully saturated rings. The van der Waals surface area contributed by atoms with Crippen LogP contribution in [0.1, 0.15) is 141 Å². The van der Waals surface area contributed by atoms with Gasteiger partial charge in [0.1, 0.15) is 0 Å². The summed E-state index contributed by atoms with van der Waals surface area (Å²) in [5, 5.41) is 3.11. The number of rotatable bonds is 14. The number of urea groups is 2. The first-order valence-corrected chi connectivity index (χ1v) is 27.0. The van der Waals surface area contributed by atoms with E-state index in [2.05, 4.69) is 5.32 Å². The molecule has 2 saturated heterocycles. The molecular weight excluding hydrogens is 1080 g/mol. The van der Waals surface area contributed by atoms with Crippen molar-refractivity contribution in [3.05, 3.63) is 177 Å². The highest BCUT2D eigenvalue weighted by atomic mass is 19.4. The highest BCUT2D eigenvalue weighted by Gasteiger charge is 2.58. The minimum Gasteiger partial charge on any atom is -0.373 e. The van der Waals surface area contributed by atoms with Crippen LogP contribution in [0, 0.1) is 0 Å². The molecule has 5 aromatic carbocycles. The van der Waals surface area contributed by atoms with Gasteiger partial charge in [-0.05, 0) is 143 Å². The van der Waals surface area contributed by atoms with Crippen LogP contribution in [0.5, 0.6) is 0 Å². The summed E-state index contributed by atoms with van der Waals surface area (Å²) in [6, 6.07) is 31.6. The van der Waals surface area contributed by atoms with Crippen molar-refractivity contribution in [2.45, 2.75) is 144 Å². The van der Waals surface area contributed by atoms with Crippen LogP contribution in [0.3, 0.4) is 0 Å². The molecule has 4 aliphatic rings. The van der Waals surface area contributed by atoms with E-state index in [9.17, 15) is 62.3 Å². The lowest BCUT2D eigenvalue weighted by atomic mass is 9.54. The zero-order chi connectivity index (χ0) is 58.8. The van der Waals surface area contributed by atoms with Gasteiger partial charge in [0.25, 0.3) is 0 Å². The maximum atomic E-state index is 13.9. The Bertz CT molecular complexity index is 2860. The molecule has 0 unspecified atom stereocenters. The average molecular weight is 1150 g/mol. The van der Waals surface area contributed by atoms with Crippen LogP contribution in [0.25, 0.3) is 0 Å². The van der Waals surface area contributed by atoms with Crippen LogP contribution in [-0.2, 0) is 51.6 Å². The highest BCUT2D eigenvalue weighted by Crippen LogP contribution is 2.55. The highest BCUT2D eigenvalue weighted by molar-refractivity contribution is 5.76. The molecule has 438 valence electrons. The van der Waals surface area contributed by atoms with Crippen LogP contribution >= 0.6 is 0 Å². The maximum absolute atomic E-state index is 13.9. The zero-order valence-corrected chi connectivity index (χ0v) is 45.4. The van der Waals surface area contributed by atoms with E-state index in [1.165, 1.54) is 13.8 Å². The fraction of sp³-hybridized carbons (Fsp3) is 0.475. The average Bonchev–Trinajstić information content (AvgIpc) is 4.03. The SMILES string of the molecule is C[C@@H](OCC1(c2ccccc2)CC(C)(N(Cc2ccccc2)C(=O)N2CCCC2)C1)c1cc(C(F)(F)F)cc(C(F)(F)F)c1.C[C@@H](OCC1(c2ccccc2)CC(C)(NC(=O)N2CCCC2)C1)c1cc(C(F)(F)F)cc(C(F)(F)F)c1. The van der Waals surface area contributed by atoms with Crippen molar-refractivity contribution in [1.29, 1.82) is 0 Å². The van der Waals surface area contributed by atoms with E-state index in [0.717, 1.165) is 54.5 Å². The molecule has 0 aromatic heterocycles. The van der Waals surface area contributed by atoms with Crippen molar-refractivity contribution in [1.82, 2.24) is 20.0 Å². The van der Waals surface area contributed by atoms with Crippen LogP contribution < -0.4 is 5.32 Å². The summed E-state index contributed by atoms with van der Waals surface area (Å²) in [5.41, 5.74) is -5.22. The predicted molar refractivity (Wildman–Crippen MR) is 281 cm³/mol. The van der Waals surface area contributed by atoms with E-state index in [0.29, 0.717) is 70.5 Å². The van der Waals surface area contributed by atoms with E-state index in [1.54, 1.807) is 4.90 Å². The number of hydrogen-bond acceptors (Lipinski definition) is 4. The van der Waals surface area contributed by atoms with Crippen molar-refractivity contribution in [3.8, 4) is 0 Å². The Morgan fingerprint density at radius 3 is 1.23 bits per heavy atom. The van der Waals surface area contributed by atoms with Gasteiger partial charge in [0.2, 0.25) is 0 Å². The van der Waals surface area contributed by atoms with Gasteiger partial charge in [-0.2, -0.15) is 52.7 Å². The second-order valence-corrected chi connectivity index (χ2v) is 22.8. The number of nitrogens with zero attached hydrogens (tertiary/aromatic N) is 3. The van der Waals surface area contributed by atoms with E-state index >= 15 is 0 Å². The molecule has 20 heteroatoms. The number of carbonyl (C=O) groups excluding carboxylic acids is 2. The van der Waals surface area contributed by atoms with Crippen molar-refractivity contribution >= 4 is 12.1 Å². The van der Waals surface area contributed by atoms with Crippen LogP contribution in [0.15, 0.2) is 127 Å². The molecule has 0 bridgehead atoms. The molecule has 4 amide bonds. The van der Waals surface area contributed by atoms with Gasteiger partial charge >= 0.3 is 36.8 Å². The number of amides is 4. The van der Waals surface area contributed by atoms with Gasteiger partial charge < -0.3 is 29.5 Å². The summed E-state index contributed by atoms with van der Waals surface area (Å²) >= 11 is 0. The van der Waals surface area contributed by atoms with Crippen LogP contribution in [0.2, 0.25) is 0 Å². The summed E-state index contributed by atoms with van der Waals surface area (Å²) in [6.45, 7) is 10.2. The molecule has 2 atom stereocenters. The Kier molecular flexibility index (Phi) is 17.7. The third-order valence-electron chi connectivity index (χ3n) is 16.3. The molecule has 1 N–H and O–H groups in total. The number of halogens is 12. The van der Waals surface area contributed by atoms with Gasteiger partial charge in [0, 0.05) is 54.6 Å². The lowest BCUT2D eigenvalue weighted by Gasteiger charge is -2.59. The normalized spacial score (nSPS) is 23.9. The molecule has 0 radical (unpaired) electrons. The van der Waals surface area contributed by atoms with Gasteiger partial charge in [-0.1, -0.05) is 91.0 Å². The topological polar surface area (TPSA) is 74.4 Å². The van der Waals surface area contributed by atoms with Gasteiger partial charge in [0.05, 0.1) is 47.7 Å². The number of benzene rings is 5. The number of carbonyl (C=O) groups is 2. The minimum absolute atomic E-state index is 0.0338. The molecular formula is C61H66F12N4O4. The number of alkyl halides is 12. The predicted octanol–water partition coefficient (Wildman–Crippen LogP) is 16.1. The standard InChI is InChI=1S/C34H36F6N2O2.C27H30F6N2O2/c1-24(26-17-28(33(35,36)37)19-29(18-26)34(38,39)40)44-23-32(27-13-7-4-8-14-27)21-31(2,22-32)42(20-25-11-5-3-6-12-25)30(43)41-15-9-10-16-41;1-18(19-12-21(26(28,29)30)14-22(13-19)27(31,32)33)37-17-25(20-8-4-3-5-9-20)15-24(2,16-25)34-23(36)35-10-6-7-11-35/h3-8,11-14,17-19,24H,9-10,15-16,20-23H2,1-2H3;3-5,8-9,12-14,18H,6-7,10-11,15-17H2,1-2H3,(H,34,36)/t24-,31?,32?;18-,24?,25?/m11/s1. The molecule has 2 aliphatic carbocycles. The summed E-state index contributed by atoms with van der Waals surface area (Å²) < 4.78 is 173. The fourth-order valence-electron chi connectivity index (χ4n) is 12.3. The van der Waals surface area contributed by atoms with Gasteiger partial charge in [-0.25, -0.2) is 9.59 Å². The molecule has 81 heavy (non-hydrogen) atoms. The van der Waals surface area contributed by atoms with Gasteiger partial charge in [0.15, 0.2) is 0 Å². The number of ether oxygens (including phenoxy) is 2. The second-order valence-electron chi connectivity index (χ2n) is 22.8. The molecule has 2 saturated carbocycles. The van der Waals surface area contributed by atoms with Crippen molar-refractivity contribution < 1.29 is 71.7 Å². The number of hydrogen-bond donors (Lipinski definition) is 1. The van der Waals surface area contributed by atoms with Crippen molar-refractivity contribution in [2.75, 3.05) is 39.4 Å². The van der Waals surface area contributed by atoms with Gasteiger partial charge in [-0.3, -0.25) is 0 Å². The molecule has 0 spiro atoms. The Labute approximate surface area is 463 Å². The molecule has 8 nitrogen and oxygen atoms in total. The van der Waals surface area contributed by atoms with E-state index < -0.39 is 81.1 Å². The zero-order valence-electron chi connectivity index (χ0n) is 45.4. The summed E-state index contributed by atoms with van der Waals surface area (Å²) in [4.78, 5) is 32.1. The Hall–Kier alpha value is -6.28. The van der Waals surface area contributed by atoms with Crippen LogP contribution in [0.4, 0.5) is 62.3 Å². The summed E-state index contributed by atoms with van der Waals surface area (Å²) in [5.74, 6) is 0. The lowest BCUT2D eigenvalue weighted by molar-refractivity contribution is -0.145. The first-order chi connectivity index (χ1) is 37.9. The third-order valence-corrected chi connectivity index (χ3v) is 16.3. The Balaban J connectivity index is 0.000000216. The van der Waals surface area contributed by atoms with Crippen LogP contribution in [-0.4, -0.2) is 77.2 Å². The fourth-order valence-corrected chi connectivity index (χ4v) is 12.3. The summed E-state index contributed by atoms with van der Waals surface area (Å²) in [7, 11) is 0. The van der Waals surface area contributed by atoms with Gasteiger partial charge in [-0.15, -0.1) is 0 Å². The smallest absolute Gasteiger partial charge is 0.373 e. The first-order valence-electron chi connectivity index (χ1n) is 27.0. The summed E-state index contributed by atoms with van der Waals surface area (Å²) in [6.07, 6.45) is -15.9. The second kappa shape index (κ2) is 23.5. The largest absolute Gasteiger partial charge is 0.416 e. The molecule has 5 aromatic rings.